The van der Waals surface area contributed by atoms with E-state index in [-0.39, 0.29) is 17.6 Å². The van der Waals surface area contributed by atoms with E-state index in [9.17, 15) is 9.59 Å². The quantitative estimate of drug-likeness (QED) is 0.685. The van der Waals surface area contributed by atoms with Crippen LogP contribution in [0.4, 0.5) is 0 Å². The van der Waals surface area contributed by atoms with Crippen LogP contribution in [0.15, 0.2) is 0 Å². The predicted octanol–water partition coefficient (Wildman–Crippen LogP) is 0.475. The van der Waals surface area contributed by atoms with Gasteiger partial charge in [0.1, 0.15) is 6.04 Å². The van der Waals surface area contributed by atoms with Crippen molar-refractivity contribution in [2.45, 2.75) is 30.6 Å². The van der Waals surface area contributed by atoms with Gasteiger partial charge in [0.25, 0.3) is 0 Å². The molecule has 0 aromatic rings. The summed E-state index contributed by atoms with van der Waals surface area (Å²) in [5.74, 6) is 1.92. The Hall–Kier alpha value is -1.15. The Morgan fingerprint density at radius 3 is 2.87 bits per heavy atom. The molecule has 0 aromatic heterocycles. The molecule has 5 heteroatoms. The van der Waals surface area contributed by atoms with Crippen LogP contribution in [-0.2, 0) is 9.59 Å². The summed E-state index contributed by atoms with van der Waals surface area (Å²) in [5.41, 5.74) is 0. The first-order valence-electron chi connectivity index (χ1n) is 4.73. The fourth-order valence-corrected chi connectivity index (χ4v) is 2.54. The summed E-state index contributed by atoms with van der Waals surface area (Å²) in [5, 5.41) is 11.1. The number of amides is 1. The van der Waals surface area contributed by atoms with Gasteiger partial charge in [0, 0.05) is 6.42 Å². The number of carboxylic acids is 1. The van der Waals surface area contributed by atoms with Crippen LogP contribution in [0, 0.1) is 12.3 Å². The number of hydrogen-bond acceptors (Lipinski definition) is 3. The van der Waals surface area contributed by atoms with E-state index in [4.69, 9.17) is 11.5 Å². The monoisotopic (exact) mass is 227 g/mol. The van der Waals surface area contributed by atoms with Gasteiger partial charge in [0.2, 0.25) is 5.91 Å². The molecule has 1 aliphatic rings. The molecule has 0 aromatic carbocycles. The van der Waals surface area contributed by atoms with Crippen LogP contribution in [0.25, 0.3) is 0 Å². The molecule has 0 bridgehead atoms. The van der Waals surface area contributed by atoms with Gasteiger partial charge in [-0.2, -0.15) is 0 Å². The highest BCUT2D eigenvalue weighted by Gasteiger charge is 2.27. The van der Waals surface area contributed by atoms with Crippen molar-refractivity contribution in [2.24, 2.45) is 0 Å². The number of hydrogen-bond donors (Lipinski definition) is 2. The summed E-state index contributed by atoms with van der Waals surface area (Å²) in [7, 11) is 0. The van der Waals surface area contributed by atoms with Crippen molar-refractivity contribution >= 4 is 23.6 Å². The first-order valence-corrected chi connectivity index (χ1v) is 5.78. The van der Waals surface area contributed by atoms with Crippen LogP contribution in [0.5, 0.6) is 0 Å². The zero-order valence-corrected chi connectivity index (χ0v) is 9.05. The van der Waals surface area contributed by atoms with E-state index in [1.165, 1.54) is 0 Å². The van der Waals surface area contributed by atoms with Crippen molar-refractivity contribution in [3.8, 4) is 12.3 Å². The van der Waals surface area contributed by atoms with E-state index in [2.05, 4.69) is 11.2 Å². The highest BCUT2D eigenvalue weighted by molar-refractivity contribution is 8.00. The van der Waals surface area contributed by atoms with Gasteiger partial charge in [-0.05, 0) is 18.6 Å². The van der Waals surface area contributed by atoms with Crippen molar-refractivity contribution < 1.29 is 14.7 Å². The van der Waals surface area contributed by atoms with E-state index in [0.717, 1.165) is 18.6 Å². The molecule has 0 spiro atoms. The Balaban J connectivity index is 2.46. The Morgan fingerprint density at radius 1 is 1.67 bits per heavy atom. The number of thioether (sulfide) groups is 1. The van der Waals surface area contributed by atoms with E-state index >= 15 is 0 Å². The molecule has 2 unspecified atom stereocenters. The largest absolute Gasteiger partial charge is 0.480 e. The number of carboxylic acid groups (broad SMARTS) is 1. The maximum Gasteiger partial charge on any atom is 0.327 e. The number of rotatable bonds is 4. The average Bonchev–Trinajstić information content (AvgIpc) is 2.69. The van der Waals surface area contributed by atoms with Crippen molar-refractivity contribution in [2.75, 3.05) is 5.75 Å². The van der Waals surface area contributed by atoms with Crippen LogP contribution in [0.1, 0.15) is 19.3 Å². The normalized spacial score (nSPS) is 21.7. The van der Waals surface area contributed by atoms with Crippen LogP contribution in [0.3, 0.4) is 0 Å². The smallest absolute Gasteiger partial charge is 0.327 e. The second-order valence-corrected chi connectivity index (χ2v) is 4.62. The Morgan fingerprint density at radius 2 is 2.40 bits per heavy atom. The molecule has 1 fully saturated rings. The molecule has 1 rings (SSSR count). The summed E-state index contributed by atoms with van der Waals surface area (Å²) >= 11 is 1.57. The lowest BCUT2D eigenvalue weighted by atomic mass is 10.2. The minimum Gasteiger partial charge on any atom is -0.480 e. The maximum absolute atomic E-state index is 11.6. The highest BCUT2D eigenvalue weighted by atomic mass is 32.2. The molecule has 0 radical (unpaired) electrons. The van der Waals surface area contributed by atoms with Crippen LogP contribution >= 0.6 is 11.8 Å². The summed E-state index contributed by atoms with van der Waals surface area (Å²) < 4.78 is 0. The SMILES string of the molecule is C#CCC(NC(=O)C1CCCS1)C(=O)O. The maximum atomic E-state index is 11.6. The third-order valence-electron chi connectivity index (χ3n) is 2.16. The van der Waals surface area contributed by atoms with Crippen LogP contribution < -0.4 is 5.32 Å². The number of terminal acetylenes is 1. The van der Waals surface area contributed by atoms with Crippen LogP contribution in [-0.4, -0.2) is 34.0 Å². The first kappa shape index (κ1) is 11.9. The number of nitrogens with one attached hydrogen (secondary N) is 1. The number of carbonyl (C=O) groups is 2. The van der Waals surface area contributed by atoms with Crippen molar-refractivity contribution in [3.63, 3.8) is 0 Å². The van der Waals surface area contributed by atoms with E-state index in [1.54, 1.807) is 11.8 Å². The second-order valence-electron chi connectivity index (χ2n) is 3.31. The molecule has 1 aliphatic heterocycles. The van der Waals surface area contributed by atoms with Gasteiger partial charge in [-0.15, -0.1) is 24.1 Å². The van der Waals surface area contributed by atoms with Gasteiger partial charge < -0.3 is 10.4 Å². The molecular weight excluding hydrogens is 214 g/mol. The molecule has 1 saturated heterocycles. The third-order valence-corrected chi connectivity index (χ3v) is 3.54. The summed E-state index contributed by atoms with van der Waals surface area (Å²) in [6.07, 6.45) is 6.88. The van der Waals surface area contributed by atoms with Gasteiger partial charge in [-0.3, -0.25) is 4.79 Å². The van der Waals surface area contributed by atoms with Gasteiger partial charge >= 0.3 is 5.97 Å². The predicted molar refractivity (Wildman–Crippen MR) is 58.5 cm³/mol. The van der Waals surface area contributed by atoms with Crippen LogP contribution in [0.2, 0.25) is 0 Å². The molecule has 1 heterocycles. The van der Waals surface area contributed by atoms with Crippen molar-refractivity contribution in [3.05, 3.63) is 0 Å². The van der Waals surface area contributed by atoms with Crippen molar-refractivity contribution in [1.82, 2.24) is 5.32 Å². The minimum absolute atomic E-state index is 0.0263. The average molecular weight is 227 g/mol. The highest BCUT2D eigenvalue weighted by Crippen LogP contribution is 2.26. The third kappa shape index (κ3) is 3.48. The topological polar surface area (TPSA) is 66.4 Å². The lowest BCUT2D eigenvalue weighted by Gasteiger charge is -2.14. The molecule has 0 saturated carbocycles. The molecule has 1 amide bonds. The lowest BCUT2D eigenvalue weighted by Crippen LogP contribution is -2.43. The minimum atomic E-state index is -1.08. The van der Waals surface area contributed by atoms with E-state index in [1.807, 2.05) is 0 Å². The first-order chi connectivity index (χ1) is 7.15. The van der Waals surface area contributed by atoms with E-state index in [0.29, 0.717) is 0 Å². The lowest BCUT2D eigenvalue weighted by molar-refractivity contribution is -0.141. The van der Waals surface area contributed by atoms with Gasteiger partial charge in [-0.1, -0.05) is 0 Å². The summed E-state index contributed by atoms with van der Waals surface area (Å²) in [4.78, 5) is 22.3. The fraction of sp³-hybridized carbons (Fsp3) is 0.600. The fourth-order valence-electron chi connectivity index (χ4n) is 1.37. The Kier molecular flexibility index (Phi) is 4.50. The molecule has 2 atom stereocenters. The molecule has 82 valence electrons. The van der Waals surface area contributed by atoms with E-state index < -0.39 is 12.0 Å². The summed E-state index contributed by atoms with van der Waals surface area (Å²) in [6, 6.07) is -0.955. The Labute approximate surface area is 92.8 Å². The zero-order chi connectivity index (χ0) is 11.3. The number of carbonyl (C=O) groups excluding carboxylic acids is 1. The number of aliphatic carboxylic acids is 1. The molecular formula is C10H13NO3S. The van der Waals surface area contributed by atoms with Gasteiger partial charge in [-0.25, -0.2) is 4.79 Å². The second kappa shape index (κ2) is 5.66. The summed E-state index contributed by atoms with van der Waals surface area (Å²) in [6.45, 7) is 0. The molecule has 15 heavy (non-hydrogen) atoms. The Bertz CT molecular complexity index is 292. The standard InChI is InChI=1S/C10H13NO3S/c1-2-4-7(10(13)14)11-9(12)8-5-3-6-15-8/h1,7-8H,3-6H2,(H,11,12)(H,13,14). The van der Waals surface area contributed by atoms with Crippen molar-refractivity contribution in [1.29, 1.82) is 0 Å². The molecule has 2 N–H and O–H groups in total. The molecule has 0 aliphatic carbocycles. The van der Waals surface area contributed by atoms with Gasteiger partial charge in [0.05, 0.1) is 5.25 Å². The zero-order valence-electron chi connectivity index (χ0n) is 8.23. The molecule has 4 nitrogen and oxygen atoms in total. The van der Waals surface area contributed by atoms with Gasteiger partial charge in [0.15, 0.2) is 0 Å².